The highest BCUT2D eigenvalue weighted by molar-refractivity contribution is 5.51. The summed E-state index contributed by atoms with van der Waals surface area (Å²) in [6, 6.07) is 10.4. The first-order valence-electron chi connectivity index (χ1n) is 12.0. The molecule has 0 aliphatic heterocycles. The molecule has 0 heterocycles. The molecule has 0 aromatic heterocycles. The van der Waals surface area contributed by atoms with Crippen LogP contribution in [0.15, 0.2) is 36.4 Å². The third-order valence-corrected chi connectivity index (χ3v) is 10.2. The number of hydrogen-bond donors (Lipinski definition) is 2. The Kier molecular flexibility index (Phi) is 4.75. The second-order valence-electron chi connectivity index (χ2n) is 11.2. The molecule has 5 rings (SSSR count). The lowest BCUT2D eigenvalue weighted by molar-refractivity contribution is -0.146. The quantitative estimate of drug-likeness (QED) is 0.662. The Labute approximate surface area is 176 Å². The van der Waals surface area contributed by atoms with Crippen LogP contribution in [0.1, 0.15) is 77.2 Å². The summed E-state index contributed by atoms with van der Waals surface area (Å²) in [5.41, 5.74) is 0.898. The first-order chi connectivity index (χ1) is 13.9. The van der Waals surface area contributed by atoms with Gasteiger partial charge < -0.3 is 10.2 Å². The van der Waals surface area contributed by atoms with Gasteiger partial charge in [-0.2, -0.15) is 0 Å². The van der Waals surface area contributed by atoms with E-state index >= 15 is 0 Å². The molecule has 0 bridgehead atoms. The summed E-state index contributed by atoms with van der Waals surface area (Å²) in [6.45, 7) is 4.93. The van der Waals surface area contributed by atoms with E-state index in [0.29, 0.717) is 17.3 Å². The van der Waals surface area contributed by atoms with E-state index in [4.69, 9.17) is 0 Å². The molecule has 4 fully saturated rings. The fourth-order valence-corrected chi connectivity index (χ4v) is 8.36. The van der Waals surface area contributed by atoms with Crippen molar-refractivity contribution in [2.45, 2.75) is 83.3 Å². The number of benzene rings is 1. The lowest BCUT2D eigenvalue weighted by Gasteiger charge is -2.61. The van der Waals surface area contributed by atoms with Crippen molar-refractivity contribution in [2.75, 3.05) is 0 Å². The molecule has 29 heavy (non-hydrogen) atoms. The van der Waals surface area contributed by atoms with E-state index in [9.17, 15) is 10.2 Å². The summed E-state index contributed by atoms with van der Waals surface area (Å²) >= 11 is 0. The lowest BCUT2D eigenvalue weighted by atomic mass is 9.44. The molecular formula is C27H38O2. The van der Waals surface area contributed by atoms with Crippen LogP contribution in [0.2, 0.25) is 0 Å². The Balaban J connectivity index is 1.40. The van der Waals surface area contributed by atoms with E-state index in [1.54, 1.807) is 0 Å². The van der Waals surface area contributed by atoms with Gasteiger partial charge in [0.25, 0.3) is 0 Å². The minimum atomic E-state index is -0.682. The van der Waals surface area contributed by atoms with Crippen LogP contribution in [-0.4, -0.2) is 21.9 Å². The number of aliphatic hydroxyl groups is 2. The molecule has 8 atom stereocenters. The highest BCUT2D eigenvalue weighted by atomic mass is 16.3. The molecular weight excluding hydrogens is 356 g/mol. The van der Waals surface area contributed by atoms with Gasteiger partial charge in [0, 0.05) is 5.41 Å². The van der Waals surface area contributed by atoms with Crippen molar-refractivity contribution in [3.8, 4) is 0 Å². The van der Waals surface area contributed by atoms with E-state index in [0.717, 1.165) is 43.9 Å². The van der Waals surface area contributed by atoms with Crippen molar-refractivity contribution in [3.05, 3.63) is 42.0 Å². The van der Waals surface area contributed by atoms with Crippen LogP contribution in [0.25, 0.3) is 6.08 Å². The van der Waals surface area contributed by atoms with E-state index in [1.807, 2.05) is 6.07 Å². The second kappa shape index (κ2) is 6.95. The molecule has 1 aromatic carbocycles. The van der Waals surface area contributed by atoms with Crippen LogP contribution in [-0.2, 0) is 0 Å². The van der Waals surface area contributed by atoms with Gasteiger partial charge in [-0.3, -0.25) is 0 Å². The Hall–Kier alpha value is -1.12. The van der Waals surface area contributed by atoms with Crippen molar-refractivity contribution in [2.24, 2.45) is 34.5 Å². The summed E-state index contributed by atoms with van der Waals surface area (Å²) in [4.78, 5) is 0. The Morgan fingerprint density at radius 2 is 1.66 bits per heavy atom. The number of rotatable bonds is 2. The molecule has 4 aliphatic rings. The fraction of sp³-hybridized carbons (Fsp3) is 0.704. The van der Waals surface area contributed by atoms with Crippen LogP contribution in [0.5, 0.6) is 0 Å². The minimum Gasteiger partial charge on any atom is -0.393 e. The van der Waals surface area contributed by atoms with Crippen molar-refractivity contribution in [1.29, 1.82) is 0 Å². The molecule has 4 saturated carbocycles. The van der Waals surface area contributed by atoms with Crippen LogP contribution in [0, 0.1) is 34.5 Å². The highest BCUT2D eigenvalue weighted by Gasteiger charge is 2.63. The van der Waals surface area contributed by atoms with Crippen molar-refractivity contribution < 1.29 is 10.2 Å². The van der Waals surface area contributed by atoms with Crippen LogP contribution in [0.4, 0.5) is 0 Å². The first-order valence-corrected chi connectivity index (χ1v) is 12.0. The Morgan fingerprint density at radius 3 is 2.45 bits per heavy atom. The number of aliphatic hydroxyl groups excluding tert-OH is 1. The molecule has 158 valence electrons. The molecule has 1 aromatic rings. The van der Waals surface area contributed by atoms with Gasteiger partial charge in [0.15, 0.2) is 0 Å². The molecule has 2 N–H and O–H groups in total. The van der Waals surface area contributed by atoms with Crippen LogP contribution < -0.4 is 0 Å². The van der Waals surface area contributed by atoms with Gasteiger partial charge in [0.1, 0.15) is 0 Å². The average molecular weight is 395 g/mol. The molecule has 0 radical (unpaired) electrons. The lowest BCUT2D eigenvalue weighted by Crippen LogP contribution is -2.56. The Bertz CT molecular complexity index is 772. The molecule has 0 unspecified atom stereocenters. The molecule has 4 aliphatic carbocycles. The van der Waals surface area contributed by atoms with Crippen LogP contribution >= 0.6 is 0 Å². The first kappa shape index (κ1) is 19.8. The second-order valence-corrected chi connectivity index (χ2v) is 11.2. The van der Waals surface area contributed by atoms with Gasteiger partial charge in [-0.25, -0.2) is 0 Å². The van der Waals surface area contributed by atoms with Gasteiger partial charge in [-0.1, -0.05) is 56.3 Å². The maximum absolute atomic E-state index is 11.8. The zero-order valence-corrected chi connectivity index (χ0v) is 18.2. The predicted molar refractivity (Wildman–Crippen MR) is 118 cm³/mol. The zero-order valence-electron chi connectivity index (χ0n) is 18.2. The van der Waals surface area contributed by atoms with Crippen LogP contribution in [0.3, 0.4) is 0 Å². The molecule has 0 spiro atoms. The number of fused-ring (bicyclic) bond motifs is 5. The maximum Gasteiger partial charge on any atom is 0.0887 e. The summed E-state index contributed by atoms with van der Waals surface area (Å²) in [5, 5.41) is 22.0. The SMILES string of the molecule is C[C@]12CC[C@@H](O)C[C@@H]1CC[C@H]1[C@H]2CC[C@@]2(C)[C@@H]1CC[C@@]2(O)/C=C/c1ccccc1. The molecule has 0 saturated heterocycles. The van der Waals surface area contributed by atoms with Gasteiger partial charge in [0.2, 0.25) is 0 Å². The molecule has 2 nitrogen and oxygen atoms in total. The van der Waals surface area contributed by atoms with Gasteiger partial charge in [-0.05, 0) is 92.4 Å². The van der Waals surface area contributed by atoms with E-state index in [-0.39, 0.29) is 11.5 Å². The topological polar surface area (TPSA) is 40.5 Å². The minimum absolute atomic E-state index is 0.00315. The van der Waals surface area contributed by atoms with Crippen molar-refractivity contribution >= 4 is 6.08 Å². The summed E-state index contributed by atoms with van der Waals surface area (Å²) in [5.74, 6) is 2.88. The molecule has 2 heteroatoms. The van der Waals surface area contributed by atoms with E-state index in [1.165, 1.54) is 31.2 Å². The summed E-state index contributed by atoms with van der Waals surface area (Å²) < 4.78 is 0. The standard InChI is InChI=1S/C27H38O2/c1-25-14-11-21(28)18-20(25)8-9-22-23(25)12-15-26(2)24(22)13-17-27(26,29)16-10-19-6-4-3-5-7-19/h3-7,10,16,20-24,28-29H,8-9,11-15,17-18H2,1-2H3/b16-10+/t20-,21+,22-,23+,24+,25-,26-,27-/m0/s1. The smallest absolute Gasteiger partial charge is 0.0887 e. The summed E-state index contributed by atoms with van der Waals surface area (Å²) in [6.07, 6.45) is 14.4. The van der Waals surface area contributed by atoms with Gasteiger partial charge in [0.05, 0.1) is 11.7 Å². The third kappa shape index (κ3) is 2.97. The largest absolute Gasteiger partial charge is 0.393 e. The maximum atomic E-state index is 11.8. The van der Waals surface area contributed by atoms with E-state index < -0.39 is 5.60 Å². The summed E-state index contributed by atoms with van der Waals surface area (Å²) in [7, 11) is 0. The average Bonchev–Trinajstić information content (AvgIpc) is 2.99. The third-order valence-electron chi connectivity index (χ3n) is 10.2. The monoisotopic (exact) mass is 394 g/mol. The van der Waals surface area contributed by atoms with E-state index in [2.05, 4.69) is 50.3 Å². The van der Waals surface area contributed by atoms with Gasteiger partial charge >= 0.3 is 0 Å². The number of hydrogen-bond acceptors (Lipinski definition) is 2. The zero-order chi connectivity index (χ0) is 20.3. The Morgan fingerprint density at radius 1 is 0.897 bits per heavy atom. The highest BCUT2D eigenvalue weighted by Crippen LogP contribution is 2.68. The normalized spacial score (nSPS) is 49.4. The van der Waals surface area contributed by atoms with Crippen molar-refractivity contribution in [1.82, 2.24) is 0 Å². The fourth-order valence-electron chi connectivity index (χ4n) is 8.36. The van der Waals surface area contributed by atoms with Gasteiger partial charge in [-0.15, -0.1) is 0 Å². The molecule has 0 amide bonds. The van der Waals surface area contributed by atoms with Crippen molar-refractivity contribution in [3.63, 3.8) is 0 Å². The predicted octanol–water partition coefficient (Wildman–Crippen LogP) is 5.83.